The van der Waals surface area contributed by atoms with Gasteiger partial charge in [-0.1, -0.05) is 13.8 Å². The molecule has 0 heterocycles. The van der Waals surface area contributed by atoms with Crippen LogP contribution in [0.4, 0.5) is 0 Å². The highest BCUT2D eigenvalue weighted by Gasteiger charge is 2.26. The first-order valence-corrected chi connectivity index (χ1v) is 5.89. The number of hydrogen-bond acceptors (Lipinski definition) is 3. The maximum Gasteiger partial charge on any atom is 0.279 e. The SMILES string of the molecule is CC(C)C(NS(=O)(=O)N(C)C)C(=O)Cl. The van der Waals surface area contributed by atoms with Gasteiger partial charge in [0.2, 0.25) is 5.24 Å². The molecule has 0 aromatic heterocycles. The highest BCUT2D eigenvalue weighted by molar-refractivity contribution is 7.87. The Balaban J connectivity index is 4.71. The van der Waals surface area contributed by atoms with E-state index in [1.807, 2.05) is 0 Å². The van der Waals surface area contributed by atoms with Crippen LogP contribution in [0, 0.1) is 5.92 Å². The number of carbonyl (C=O) groups is 1. The molecule has 1 N–H and O–H groups in total. The van der Waals surface area contributed by atoms with Crippen LogP contribution >= 0.6 is 11.6 Å². The lowest BCUT2D eigenvalue weighted by atomic mass is 10.1. The van der Waals surface area contributed by atoms with Gasteiger partial charge in [-0.15, -0.1) is 0 Å². The minimum atomic E-state index is -3.61. The van der Waals surface area contributed by atoms with Gasteiger partial charge in [0, 0.05) is 14.1 Å². The van der Waals surface area contributed by atoms with Gasteiger partial charge in [0.05, 0.1) is 6.04 Å². The number of nitrogens with zero attached hydrogens (tertiary/aromatic N) is 1. The largest absolute Gasteiger partial charge is 0.279 e. The molecule has 0 saturated carbocycles. The zero-order valence-corrected chi connectivity index (χ0v) is 10.2. The van der Waals surface area contributed by atoms with Crippen molar-refractivity contribution in [3.8, 4) is 0 Å². The number of nitrogens with one attached hydrogen (secondary N) is 1. The van der Waals surface area contributed by atoms with Crippen molar-refractivity contribution < 1.29 is 13.2 Å². The van der Waals surface area contributed by atoms with Gasteiger partial charge >= 0.3 is 0 Å². The normalized spacial score (nSPS) is 14.8. The van der Waals surface area contributed by atoms with Crippen molar-refractivity contribution >= 4 is 27.1 Å². The second kappa shape index (κ2) is 5.06. The highest BCUT2D eigenvalue weighted by atomic mass is 35.5. The first kappa shape index (κ1) is 13.8. The summed E-state index contributed by atoms with van der Waals surface area (Å²) in [7, 11) is -0.863. The van der Waals surface area contributed by atoms with Crippen LogP contribution in [0.2, 0.25) is 0 Å². The molecule has 0 bridgehead atoms. The Morgan fingerprint density at radius 3 is 2.00 bits per heavy atom. The summed E-state index contributed by atoms with van der Waals surface area (Å²) in [5.74, 6) is -0.185. The monoisotopic (exact) mass is 242 g/mol. The fourth-order valence-electron chi connectivity index (χ4n) is 0.710. The first-order valence-electron chi connectivity index (χ1n) is 4.07. The van der Waals surface area contributed by atoms with Gasteiger partial charge in [-0.3, -0.25) is 4.79 Å². The fraction of sp³-hybridized carbons (Fsp3) is 0.857. The first-order chi connectivity index (χ1) is 6.18. The summed E-state index contributed by atoms with van der Waals surface area (Å²) in [6, 6.07) is -0.885. The molecule has 1 atom stereocenters. The Morgan fingerprint density at radius 1 is 1.36 bits per heavy atom. The Kier molecular flexibility index (Phi) is 5.00. The van der Waals surface area contributed by atoms with E-state index in [1.165, 1.54) is 14.1 Å². The predicted octanol–water partition coefficient (Wildman–Crippen LogP) is 0.172. The Labute approximate surface area is 89.6 Å². The van der Waals surface area contributed by atoms with Crippen LogP contribution in [-0.4, -0.2) is 38.1 Å². The summed E-state index contributed by atoms with van der Waals surface area (Å²) in [5.41, 5.74) is 0. The van der Waals surface area contributed by atoms with E-state index in [-0.39, 0.29) is 5.92 Å². The molecule has 0 amide bonds. The molecule has 0 aliphatic carbocycles. The average molecular weight is 243 g/mol. The van der Waals surface area contributed by atoms with Gasteiger partial charge in [-0.05, 0) is 17.5 Å². The van der Waals surface area contributed by atoms with E-state index in [0.717, 1.165) is 4.31 Å². The molecule has 0 aromatic carbocycles. The fourth-order valence-corrected chi connectivity index (χ4v) is 1.99. The Hall–Kier alpha value is -0.170. The van der Waals surface area contributed by atoms with E-state index in [1.54, 1.807) is 13.8 Å². The topological polar surface area (TPSA) is 66.5 Å². The van der Waals surface area contributed by atoms with E-state index in [9.17, 15) is 13.2 Å². The number of halogens is 1. The zero-order valence-electron chi connectivity index (χ0n) is 8.61. The predicted molar refractivity (Wildman–Crippen MR) is 55.2 cm³/mol. The quantitative estimate of drug-likeness (QED) is 0.699. The maximum atomic E-state index is 11.4. The van der Waals surface area contributed by atoms with Crippen molar-refractivity contribution in [3.63, 3.8) is 0 Å². The summed E-state index contributed by atoms with van der Waals surface area (Å²) in [6.45, 7) is 3.42. The lowest BCUT2D eigenvalue weighted by molar-refractivity contribution is -0.113. The van der Waals surface area contributed by atoms with E-state index in [0.29, 0.717) is 0 Å². The standard InChI is InChI=1S/C7H15ClN2O3S/c1-5(2)6(7(8)11)9-14(12,13)10(3)4/h5-6,9H,1-4H3. The smallest absolute Gasteiger partial charge is 0.279 e. The molecule has 84 valence electrons. The van der Waals surface area contributed by atoms with E-state index >= 15 is 0 Å². The summed E-state index contributed by atoms with van der Waals surface area (Å²) in [5, 5.41) is -0.703. The van der Waals surface area contributed by atoms with Crippen molar-refractivity contribution in [2.75, 3.05) is 14.1 Å². The molecule has 0 fully saturated rings. The van der Waals surface area contributed by atoms with Crippen LogP contribution in [-0.2, 0) is 15.0 Å². The molecule has 0 radical (unpaired) electrons. The van der Waals surface area contributed by atoms with E-state index < -0.39 is 21.5 Å². The molecule has 0 aliphatic rings. The summed E-state index contributed by atoms with van der Waals surface area (Å²) in [6.07, 6.45) is 0. The number of rotatable bonds is 5. The van der Waals surface area contributed by atoms with Gasteiger partial charge < -0.3 is 0 Å². The van der Waals surface area contributed by atoms with Gasteiger partial charge in [0.1, 0.15) is 0 Å². The third-order valence-corrected chi connectivity index (χ3v) is 3.42. The van der Waals surface area contributed by atoms with Crippen LogP contribution in [0.5, 0.6) is 0 Å². The van der Waals surface area contributed by atoms with Crippen LogP contribution in [0.15, 0.2) is 0 Å². The van der Waals surface area contributed by atoms with Gasteiger partial charge in [-0.25, -0.2) is 0 Å². The van der Waals surface area contributed by atoms with Gasteiger partial charge in [0.25, 0.3) is 10.2 Å². The van der Waals surface area contributed by atoms with Crippen LogP contribution in [0.25, 0.3) is 0 Å². The lowest BCUT2D eigenvalue weighted by Crippen LogP contribution is -2.47. The van der Waals surface area contributed by atoms with Crippen molar-refractivity contribution in [1.82, 2.24) is 9.03 Å². The average Bonchev–Trinajstić information content (AvgIpc) is 1.98. The number of hydrogen-bond donors (Lipinski definition) is 1. The molecule has 14 heavy (non-hydrogen) atoms. The lowest BCUT2D eigenvalue weighted by Gasteiger charge is -2.20. The van der Waals surface area contributed by atoms with Crippen molar-refractivity contribution in [3.05, 3.63) is 0 Å². The molecule has 1 unspecified atom stereocenters. The van der Waals surface area contributed by atoms with Crippen molar-refractivity contribution in [2.24, 2.45) is 5.92 Å². The molecule has 0 aliphatic heterocycles. The van der Waals surface area contributed by atoms with Crippen LogP contribution < -0.4 is 4.72 Å². The summed E-state index contributed by atoms with van der Waals surface area (Å²) in [4.78, 5) is 10.9. The minimum Gasteiger partial charge on any atom is -0.279 e. The molecule has 0 saturated heterocycles. The third-order valence-electron chi connectivity index (χ3n) is 1.67. The summed E-state index contributed by atoms with van der Waals surface area (Å²) >= 11 is 5.27. The second-order valence-electron chi connectivity index (χ2n) is 3.43. The van der Waals surface area contributed by atoms with Crippen LogP contribution in [0.3, 0.4) is 0 Å². The third kappa shape index (κ3) is 3.91. The molecular weight excluding hydrogens is 228 g/mol. The van der Waals surface area contributed by atoms with E-state index in [2.05, 4.69) is 4.72 Å². The molecule has 0 spiro atoms. The van der Waals surface area contributed by atoms with Gasteiger partial charge in [0.15, 0.2) is 0 Å². The van der Waals surface area contributed by atoms with Crippen molar-refractivity contribution in [1.29, 1.82) is 0 Å². The molecule has 7 heteroatoms. The number of carbonyl (C=O) groups excluding carboxylic acids is 1. The molecule has 0 rings (SSSR count). The van der Waals surface area contributed by atoms with Gasteiger partial charge in [-0.2, -0.15) is 17.4 Å². The molecule has 5 nitrogen and oxygen atoms in total. The van der Waals surface area contributed by atoms with E-state index in [4.69, 9.17) is 11.6 Å². The Morgan fingerprint density at radius 2 is 1.79 bits per heavy atom. The van der Waals surface area contributed by atoms with Crippen LogP contribution in [0.1, 0.15) is 13.8 Å². The molecule has 0 aromatic rings. The molecular formula is C7H15ClN2O3S. The minimum absolute atomic E-state index is 0.185. The highest BCUT2D eigenvalue weighted by Crippen LogP contribution is 2.07. The Bertz CT molecular complexity index is 300. The van der Waals surface area contributed by atoms with Crippen molar-refractivity contribution in [2.45, 2.75) is 19.9 Å². The maximum absolute atomic E-state index is 11.4. The summed E-state index contributed by atoms with van der Waals surface area (Å²) < 4.78 is 25.9. The zero-order chi connectivity index (χ0) is 11.5. The second-order valence-corrected chi connectivity index (χ2v) is 5.72.